The highest BCUT2D eigenvalue weighted by Crippen LogP contribution is 2.15. The van der Waals surface area contributed by atoms with E-state index in [1.807, 2.05) is 35.9 Å². The number of hydrogen-bond donors (Lipinski definition) is 0. The van der Waals surface area contributed by atoms with Gasteiger partial charge in [0.05, 0.1) is 36.4 Å². The normalized spacial score (nSPS) is 18.5. The van der Waals surface area contributed by atoms with Crippen molar-refractivity contribution in [3.05, 3.63) is 47.5 Å². The molecule has 0 unspecified atom stereocenters. The second kappa shape index (κ2) is 8.28. The fourth-order valence-corrected chi connectivity index (χ4v) is 3.89. The molecule has 0 saturated carbocycles. The number of nitrogens with zero attached hydrogens (tertiary/aromatic N) is 4. The number of hydrogen-bond acceptors (Lipinski definition) is 6. The fourth-order valence-electron chi connectivity index (χ4n) is 3.06. The van der Waals surface area contributed by atoms with Crippen molar-refractivity contribution in [3.63, 3.8) is 0 Å². The summed E-state index contributed by atoms with van der Waals surface area (Å²) in [4.78, 5) is 6.61. The van der Waals surface area contributed by atoms with Gasteiger partial charge in [0.2, 0.25) is 0 Å². The molecule has 0 aromatic carbocycles. The first-order chi connectivity index (χ1) is 12.4. The lowest BCUT2D eigenvalue weighted by Gasteiger charge is -2.23. The van der Waals surface area contributed by atoms with Gasteiger partial charge < -0.3 is 4.74 Å². The standard InChI is InChI=1S/C18H26N4O3S/c1-3-26(23,24)10-9-21-11-17-7-8-19-22(17)13-18(12-21)25-14-16-6-4-5-15(2)20-16/h4-8,18H,3,9-14H2,1-2H3/t18-/m1/s1. The van der Waals surface area contributed by atoms with Gasteiger partial charge in [0.15, 0.2) is 9.84 Å². The third-order valence-electron chi connectivity index (χ3n) is 4.60. The molecule has 0 aliphatic carbocycles. The van der Waals surface area contributed by atoms with Gasteiger partial charge in [-0.25, -0.2) is 8.42 Å². The van der Waals surface area contributed by atoms with Gasteiger partial charge in [-0.05, 0) is 25.1 Å². The van der Waals surface area contributed by atoms with Crippen LogP contribution in [0.15, 0.2) is 30.5 Å². The lowest BCUT2D eigenvalue weighted by molar-refractivity contribution is 0.00820. The minimum atomic E-state index is -2.99. The molecular weight excluding hydrogens is 352 g/mol. The second-order valence-corrected chi connectivity index (χ2v) is 9.15. The van der Waals surface area contributed by atoms with Gasteiger partial charge >= 0.3 is 0 Å². The molecule has 2 aromatic heterocycles. The molecule has 0 spiro atoms. The first kappa shape index (κ1) is 19.0. The van der Waals surface area contributed by atoms with E-state index in [0.29, 0.717) is 32.8 Å². The number of pyridine rings is 1. The molecule has 1 atom stereocenters. The van der Waals surface area contributed by atoms with Crippen LogP contribution in [0.3, 0.4) is 0 Å². The summed E-state index contributed by atoms with van der Waals surface area (Å²) < 4.78 is 31.8. The van der Waals surface area contributed by atoms with Crippen LogP contribution in [0.5, 0.6) is 0 Å². The first-order valence-electron chi connectivity index (χ1n) is 8.93. The Kier molecular flexibility index (Phi) is 6.05. The van der Waals surface area contributed by atoms with Crippen molar-refractivity contribution in [2.24, 2.45) is 0 Å². The molecular formula is C18H26N4O3S. The molecule has 26 heavy (non-hydrogen) atoms. The SMILES string of the molecule is CCS(=O)(=O)CCN1Cc2ccnn2C[C@H](OCc2cccc(C)n2)C1. The molecule has 3 rings (SSSR count). The van der Waals surface area contributed by atoms with E-state index in [9.17, 15) is 8.42 Å². The Hall–Kier alpha value is -1.77. The summed E-state index contributed by atoms with van der Waals surface area (Å²) >= 11 is 0. The van der Waals surface area contributed by atoms with Crippen molar-refractivity contribution in [1.82, 2.24) is 19.7 Å². The smallest absolute Gasteiger partial charge is 0.151 e. The molecule has 2 aromatic rings. The highest BCUT2D eigenvalue weighted by Gasteiger charge is 2.24. The lowest BCUT2D eigenvalue weighted by Crippen LogP contribution is -2.36. The quantitative estimate of drug-likeness (QED) is 0.725. The Balaban J connectivity index is 1.67. The van der Waals surface area contributed by atoms with Crippen LogP contribution in [0.1, 0.15) is 24.0 Å². The van der Waals surface area contributed by atoms with Crippen LogP contribution in [-0.2, 0) is 34.3 Å². The van der Waals surface area contributed by atoms with E-state index in [2.05, 4.69) is 15.0 Å². The van der Waals surface area contributed by atoms with Crippen LogP contribution in [0, 0.1) is 6.92 Å². The zero-order valence-electron chi connectivity index (χ0n) is 15.3. The fraction of sp³-hybridized carbons (Fsp3) is 0.556. The van der Waals surface area contributed by atoms with E-state index in [1.54, 1.807) is 13.1 Å². The molecule has 142 valence electrons. The molecule has 0 saturated heterocycles. The molecule has 0 amide bonds. The molecule has 0 fully saturated rings. The van der Waals surface area contributed by atoms with Crippen LogP contribution in [0.25, 0.3) is 0 Å². The van der Waals surface area contributed by atoms with Crippen LogP contribution in [-0.4, -0.2) is 58.8 Å². The monoisotopic (exact) mass is 378 g/mol. The molecule has 1 aliphatic rings. The summed E-state index contributed by atoms with van der Waals surface area (Å²) in [6, 6.07) is 7.86. The van der Waals surface area contributed by atoms with Crippen LogP contribution < -0.4 is 0 Å². The van der Waals surface area contributed by atoms with E-state index >= 15 is 0 Å². The maximum Gasteiger partial charge on any atom is 0.151 e. The Morgan fingerprint density at radius 1 is 1.27 bits per heavy atom. The van der Waals surface area contributed by atoms with E-state index in [1.165, 1.54) is 0 Å². The maximum absolute atomic E-state index is 11.9. The Bertz CT molecular complexity index is 834. The zero-order chi connectivity index (χ0) is 18.6. The van der Waals surface area contributed by atoms with Crippen molar-refractivity contribution in [2.75, 3.05) is 24.6 Å². The molecule has 0 bridgehead atoms. The highest BCUT2D eigenvalue weighted by atomic mass is 32.2. The summed E-state index contributed by atoms with van der Waals surface area (Å²) in [5.41, 5.74) is 2.95. The number of rotatable bonds is 7. The Morgan fingerprint density at radius 2 is 2.12 bits per heavy atom. The van der Waals surface area contributed by atoms with Gasteiger partial charge in [-0.15, -0.1) is 0 Å². The first-order valence-corrected chi connectivity index (χ1v) is 10.7. The van der Waals surface area contributed by atoms with Gasteiger partial charge in [-0.3, -0.25) is 14.6 Å². The maximum atomic E-state index is 11.9. The van der Waals surface area contributed by atoms with Crippen molar-refractivity contribution in [2.45, 2.75) is 39.6 Å². The van der Waals surface area contributed by atoms with Gasteiger partial charge in [-0.2, -0.15) is 5.10 Å². The second-order valence-electron chi connectivity index (χ2n) is 6.68. The van der Waals surface area contributed by atoms with E-state index in [0.717, 1.165) is 17.1 Å². The van der Waals surface area contributed by atoms with Crippen LogP contribution >= 0.6 is 0 Å². The number of ether oxygens (including phenoxy) is 1. The number of aryl methyl sites for hydroxylation is 1. The third kappa shape index (κ3) is 5.12. The Morgan fingerprint density at radius 3 is 2.88 bits per heavy atom. The highest BCUT2D eigenvalue weighted by molar-refractivity contribution is 7.91. The molecule has 3 heterocycles. The topological polar surface area (TPSA) is 77.3 Å². The Labute approximate surface area is 154 Å². The van der Waals surface area contributed by atoms with Gasteiger partial charge in [0, 0.05) is 37.3 Å². The van der Waals surface area contributed by atoms with Crippen molar-refractivity contribution in [1.29, 1.82) is 0 Å². The predicted molar refractivity (Wildman–Crippen MR) is 99.4 cm³/mol. The van der Waals surface area contributed by atoms with Crippen molar-refractivity contribution >= 4 is 9.84 Å². The minimum Gasteiger partial charge on any atom is -0.369 e. The minimum absolute atomic E-state index is 0.0669. The molecule has 8 heteroatoms. The number of sulfone groups is 1. The van der Waals surface area contributed by atoms with Crippen molar-refractivity contribution in [3.8, 4) is 0 Å². The number of fused-ring (bicyclic) bond motifs is 1. The average molecular weight is 378 g/mol. The van der Waals surface area contributed by atoms with E-state index < -0.39 is 9.84 Å². The molecule has 7 nitrogen and oxygen atoms in total. The molecule has 1 aliphatic heterocycles. The van der Waals surface area contributed by atoms with Crippen molar-refractivity contribution < 1.29 is 13.2 Å². The van der Waals surface area contributed by atoms with Crippen LogP contribution in [0.4, 0.5) is 0 Å². The van der Waals surface area contributed by atoms with Gasteiger partial charge in [0.1, 0.15) is 0 Å². The summed E-state index contributed by atoms with van der Waals surface area (Å²) in [6.45, 7) is 6.60. The van der Waals surface area contributed by atoms with Crippen LogP contribution in [0.2, 0.25) is 0 Å². The molecule has 0 radical (unpaired) electrons. The summed E-state index contributed by atoms with van der Waals surface area (Å²) in [6.07, 6.45) is 1.71. The average Bonchev–Trinajstić information content (AvgIpc) is 2.97. The van der Waals surface area contributed by atoms with Gasteiger partial charge in [-0.1, -0.05) is 13.0 Å². The summed E-state index contributed by atoms with van der Waals surface area (Å²) in [7, 11) is -2.99. The number of aromatic nitrogens is 3. The van der Waals surface area contributed by atoms with E-state index in [-0.39, 0.29) is 17.6 Å². The lowest BCUT2D eigenvalue weighted by atomic mass is 10.3. The largest absolute Gasteiger partial charge is 0.369 e. The third-order valence-corrected chi connectivity index (χ3v) is 6.28. The zero-order valence-corrected chi connectivity index (χ0v) is 16.2. The predicted octanol–water partition coefficient (Wildman–Crippen LogP) is 1.42. The summed E-state index contributed by atoms with van der Waals surface area (Å²) in [5.74, 6) is 0.349. The summed E-state index contributed by atoms with van der Waals surface area (Å²) in [5, 5.41) is 4.37. The van der Waals surface area contributed by atoms with Gasteiger partial charge in [0.25, 0.3) is 0 Å². The molecule has 0 N–H and O–H groups in total. The van der Waals surface area contributed by atoms with E-state index in [4.69, 9.17) is 4.74 Å².